The van der Waals surface area contributed by atoms with Crippen LogP contribution < -0.4 is 0 Å². The largest absolute Gasteiger partial charge is 0.103 e. The zero-order valence-electron chi connectivity index (χ0n) is 41.3. The molecule has 9 aromatic carbocycles. The molecule has 2 aliphatic carbocycles. The summed E-state index contributed by atoms with van der Waals surface area (Å²) in [5.41, 5.74) is 17.1. The maximum atomic E-state index is 4.05. The molecular formula is C70H68. The quantitative estimate of drug-likeness (QED) is 0.0275. The van der Waals surface area contributed by atoms with E-state index < -0.39 is 0 Å². The second-order valence-corrected chi connectivity index (χ2v) is 20.6. The Kier molecular flexibility index (Phi) is 12.8. The molecule has 0 aliphatic heterocycles. The van der Waals surface area contributed by atoms with E-state index in [9.17, 15) is 0 Å². The second kappa shape index (κ2) is 19.6. The summed E-state index contributed by atoms with van der Waals surface area (Å²) in [5.74, 6) is 0. The number of hydrogen-bond acceptors (Lipinski definition) is 0. The Morgan fingerprint density at radius 1 is 0.271 bits per heavy atom. The summed E-state index contributed by atoms with van der Waals surface area (Å²) in [6.45, 7) is 16.2. The van der Waals surface area contributed by atoms with Crippen molar-refractivity contribution >= 4 is 43.1 Å². The van der Waals surface area contributed by atoms with Gasteiger partial charge in [-0.2, -0.15) is 0 Å². The molecule has 70 heavy (non-hydrogen) atoms. The van der Waals surface area contributed by atoms with E-state index in [0.717, 1.165) is 51.4 Å². The van der Waals surface area contributed by atoms with Gasteiger partial charge < -0.3 is 0 Å². The van der Waals surface area contributed by atoms with Crippen molar-refractivity contribution in [1.29, 1.82) is 0 Å². The van der Waals surface area contributed by atoms with E-state index in [0.29, 0.717) is 0 Å². The van der Waals surface area contributed by atoms with Gasteiger partial charge in [0, 0.05) is 10.8 Å². The fourth-order valence-corrected chi connectivity index (χ4v) is 13.8. The molecule has 348 valence electrons. The summed E-state index contributed by atoms with van der Waals surface area (Å²) in [7, 11) is 0. The SMILES string of the molecule is C=CCCCCC1(CCCCC=C)c2ccccc2-c2c(-c3ccc4c5cccc6c(-c7cccc8c7-c7ccccc7C8(CCCCC=C)CCCCC=C)ccc(c7cccc3c74)c65)cccc21. The molecule has 0 spiro atoms. The highest BCUT2D eigenvalue weighted by molar-refractivity contribution is 6.35. The normalized spacial score (nSPS) is 13.9. The Morgan fingerprint density at radius 3 is 0.971 bits per heavy atom. The van der Waals surface area contributed by atoms with Gasteiger partial charge in [0.15, 0.2) is 0 Å². The first-order valence-corrected chi connectivity index (χ1v) is 26.6. The molecule has 0 aromatic heterocycles. The van der Waals surface area contributed by atoms with Crippen molar-refractivity contribution in [3.05, 3.63) is 218 Å². The number of allylic oxidation sites excluding steroid dienone is 4. The summed E-state index contributed by atoms with van der Waals surface area (Å²) in [6.07, 6.45) is 26.7. The fourth-order valence-electron chi connectivity index (χ4n) is 13.8. The third-order valence-corrected chi connectivity index (χ3v) is 16.9. The Morgan fingerprint density at radius 2 is 0.586 bits per heavy atom. The minimum atomic E-state index is -0.0117. The second-order valence-electron chi connectivity index (χ2n) is 20.6. The zero-order valence-corrected chi connectivity index (χ0v) is 41.3. The van der Waals surface area contributed by atoms with Crippen molar-refractivity contribution in [3.63, 3.8) is 0 Å². The van der Waals surface area contributed by atoms with E-state index in [4.69, 9.17) is 0 Å². The molecule has 0 amide bonds. The Balaban J connectivity index is 1.07. The van der Waals surface area contributed by atoms with Crippen molar-refractivity contribution in [1.82, 2.24) is 0 Å². The van der Waals surface area contributed by atoms with Gasteiger partial charge >= 0.3 is 0 Å². The van der Waals surface area contributed by atoms with Crippen LogP contribution in [-0.4, -0.2) is 0 Å². The van der Waals surface area contributed by atoms with Crippen LogP contribution in [-0.2, 0) is 10.8 Å². The highest BCUT2D eigenvalue weighted by Gasteiger charge is 2.44. The predicted octanol–water partition coefficient (Wildman–Crippen LogP) is 20.6. The Bertz CT molecular complexity index is 3140. The highest BCUT2D eigenvalue weighted by Crippen LogP contribution is 2.59. The summed E-state index contributed by atoms with van der Waals surface area (Å²) in [4.78, 5) is 0. The minimum Gasteiger partial charge on any atom is -0.103 e. The molecule has 0 unspecified atom stereocenters. The lowest BCUT2D eigenvalue weighted by Crippen LogP contribution is -2.25. The maximum Gasteiger partial charge on any atom is 0.0215 e. The van der Waals surface area contributed by atoms with Crippen LogP contribution in [0.4, 0.5) is 0 Å². The highest BCUT2D eigenvalue weighted by atomic mass is 14.5. The van der Waals surface area contributed by atoms with Crippen molar-refractivity contribution in [3.8, 4) is 44.5 Å². The molecule has 0 nitrogen and oxygen atoms in total. The van der Waals surface area contributed by atoms with Crippen LogP contribution in [0.25, 0.3) is 87.6 Å². The predicted molar refractivity (Wildman–Crippen MR) is 306 cm³/mol. The van der Waals surface area contributed by atoms with Crippen molar-refractivity contribution in [2.75, 3.05) is 0 Å². The molecule has 9 aromatic rings. The van der Waals surface area contributed by atoms with E-state index in [1.165, 1.54) is 161 Å². The van der Waals surface area contributed by atoms with Gasteiger partial charge in [0.25, 0.3) is 0 Å². The fraction of sp³-hybridized carbons (Fsp3) is 0.257. The molecule has 0 fully saturated rings. The van der Waals surface area contributed by atoms with Gasteiger partial charge in [-0.3, -0.25) is 0 Å². The molecule has 0 saturated carbocycles. The standard InChI is InChI=1S/C70H68/c1-5-9-13-21-45-69(46-22-14-10-6-2)61-37-19-17-29-59(61)67-53(35-27-39-63(67)69)49-41-43-57-56-34-26-32-52-50(42-44-58(66(52)56)55-33-25-31-51(49)65(55)57)54-36-28-40-64-68(54)60-30-18-20-38-62(60)70(64,47-23-15-11-7-3)48-24-16-12-8-4/h5-8,17-20,25-44H,1-4,9-16,21-24,45-48H2. The topological polar surface area (TPSA) is 0 Å². The minimum absolute atomic E-state index is 0.0117. The monoisotopic (exact) mass is 909 g/mol. The van der Waals surface area contributed by atoms with Gasteiger partial charge in [0.2, 0.25) is 0 Å². The van der Waals surface area contributed by atoms with Gasteiger partial charge in [-0.05, 0) is 187 Å². The molecule has 2 aliphatic rings. The van der Waals surface area contributed by atoms with Crippen LogP contribution >= 0.6 is 0 Å². The van der Waals surface area contributed by atoms with Crippen LogP contribution in [0, 0.1) is 0 Å². The van der Waals surface area contributed by atoms with E-state index in [2.05, 4.69) is 196 Å². The lowest BCUT2D eigenvalue weighted by molar-refractivity contribution is 0.408. The number of fused-ring (bicyclic) bond motifs is 8. The molecule has 0 heterocycles. The van der Waals surface area contributed by atoms with Crippen LogP contribution in [0.2, 0.25) is 0 Å². The number of hydrogen-bond donors (Lipinski definition) is 0. The van der Waals surface area contributed by atoms with E-state index in [1.807, 2.05) is 0 Å². The number of benzene rings is 9. The number of rotatable bonds is 22. The molecule has 0 bridgehead atoms. The summed E-state index contributed by atoms with van der Waals surface area (Å²) in [6, 6.07) is 57.2. The average molecular weight is 909 g/mol. The first kappa shape index (κ1) is 45.7. The Labute approximate surface area is 417 Å². The molecule has 11 rings (SSSR count). The van der Waals surface area contributed by atoms with Gasteiger partial charge in [0.05, 0.1) is 0 Å². The van der Waals surface area contributed by atoms with Crippen molar-refractivity contribution in [2.45, 2.75) is 114 Å². The first-order valence-electron chi connectivity index (χ1n) is 26.6. The molecule has 0 saturated heterocycles. The first-order chi connectivity index (χ1) is 34.6. The van der Waals surface area contributed by atoms with E-state index in [1.54, 1.807) is 0 Å². The lowest BCUT2D eigenvalue weighted by atomic mass is 9.70. The lowest BCUT2D eigenvalue weighted by Gasteiger charge is -2.33. The van der Waals surface area contributed by atoms with Gasteiger partial charge in [-0.15, -0.1) is 26.3 Å². The summed E-state index contributed by atoms with van der Waals surface area (Å²) in [5, 5.41) is 10.7. The molecule has 0 atom stereocenters. The van der Waals surface area contributed by atoms with Crippen LogP contribution in [0.15, 0.2) is 196 Å². The van der Waals surface area contributed by atoms with Crippen molar-refractivity contribution in [2.24, 2.45) is 0 Å². The van der Waals surface area contributed by atoms with Crippen LogP contribution in [0.3, 0.4) is 0 Å². The van der Waals surface area contributed by atoms with E-state index >= 15 is 0 Å². The average Bonchev–Trinajstić information content (AvgIpc) is 3.85. The third-order valence-electron chi connectivity index (χ3n) is 16.9. The van der Waals surface area contributed by atoms with Gasteiger partial charge in [-0.25, -0.2) is 0 Å². The Hall–Kier alpha value is -6.76. The molecule has 0 N–H and O–H groups in total. The molecular weight excluding hydrogens is 841 g/mol. The third kappa shape index (κ3) is 7.40. The molecule has 0 heteroatoms. The van der Waals surface area contributed by atoms with Crippen LogP contribution in [0.1, 0.15) is 125 Å². The van der Waals surface area contributed by atoms with Crippen LogP contribution in [0.5, 0.6) is 0 Å². The van der Waals surface area contributed by atoms with Gasteiger partial charge in [-0.1, -0.05) is 196 Å². The van der Waals surface area contributed by atoms with Gasteiger partial charge in [0.1, 0.15) is 0 Å². The zero-order chi connectivity index (χ0) is 47.7. The smallest absolute Gasteiger partial charge is 0.0215 e. The van der Waals surface area contributed by atoms with Crippen molar-refractivity contribution < 1.29 is 0 Å². The summed E-state index contributed by atoms with van der Waals surface area (Å²) >= 11 is 0. The number of unbranched alkanes of at least 4 members (excludes halogenated alkanes) is 8. The molecule has 0 radical (unpaired) electrons. The van der Waals surface area contributed by atoms with E-state index in [-0.39, 0.29) is 10.8 Å². The summed E-state index contributed by atoms with van der Waals surface area (Å²) < 4.78 is 0. The maximum absolute atomic E-state index is 4.05.